The van der Waals surface area contributed by atoms with Gasteiger partial charge in [-0.3, -0.25) is 9.69 Å². The molecule has 4 rings (SSSR count). The summed E-state index contributed by atoms with van der Waals surface area (Å²) in [5.41, 5.74) is -4.90. The van der Waals surface area contributed by atoms with Gasteiger partial charge in [-0.1, -0.05) is 6.92 Å². The van der Waals surface area contributed by atoms with Crippen LogP contribution in [-0.2, 0) is 34.6 Å². The van der Waals surface area contributed by atoms with Gasteiger partial charge in [-0.25, -0.2) is 9.78 Å². The van der Waals surface area contributed by atoms with E-state index in [2.05, 4.69) is 4.98 Å². The van der Waals surface area contributed by atoms with E-state index >= 15 is 0 Å². The zero-order valence-electron chi connectivity index (χ0n) is 24.5. The Bertz CT molecular complexity index is 1370. The lowest BCUT2D eigenvalue weighted by molar-refractivity contribution is -0.143. The molecule has 7 nitrogen and oxygen atoms in total. The molecule has 2 aliphatic rings. The molecule has 2 saturated heterocycles. The summed E-state index contributed by atoms with van der Waals surface area (Å²) in [5, 5.41) is 0. The van der Waals surface area contributed by atoms with Crippen molar-refractivity contribution in [1.82, 2.24) is 14.8 Å². The molecule has 0 N–H and O–H groups in total. The lowest BCUT2D eigenvalue weighted by atomic mass is 9.97. The molecule has 0 saturated carbocycles. The van der Waals surface area contributed by atoms with Crippen LogP contribution in [0.5, 0.6) is 0 Å². The van der Waals surface area contributed by atoms with Gasteiger partial charge in [0.15, 0.2) is 0 Å². The van der Waals surface area contributed by atoms with E-state index < -0.39 is 65.6 Å². The Morgan fingerprint density at radius 1 is 0.911 bits per heavy atom. The number of piperidine rings is 1. The summed E-state index contributed by atoms with van der Waals surface area (Å²) >= 11 is 0. The van der Waals surface area contributed by atoms with Crippen LogP contribution in [0.25, 0.3) is 0 Å². The third kappa shape index (κ3) is 7.40. The van der Waals surface area contributed by atoms with Crippen molar-refractivity contribution in [2.75, 3.05) is 24.5 Å². The van der Waals surface area contributed by atoms with Crippen molar-refractivity contribution in [2.24, 2.45) is 0 Å². The number of hydrogen-bond donors (Lipinski definition) is 0. The number of rotatable bonds is 7. The second-order valence-electron chi connectivity index (χ2n) is 11.0. The molecule has 248 valence electrons. The summed E-state index contributed by atoms with van der Waals surface area (Å²) in [7, 11) is 0. The molecule has 16 heteroatoms. The van der Waals surface area contributed by atoms with Crippen LogP contribution in [0.4, 0.5) is 50.1 Å². The maximum atomic E-state index is 13.7. The number of benzene rings is 1. The van der Waals surface area contributed by atoms with Crippen LogP contribution in [0.1, 0.15) is 74.0 Å². The van der Waals surface area contributed by atoms with Gasteiger partial charge in [0.25, 0.3) is 0 Å². The molecule has 2 atom stereocenters. The van der Waals surface area contributed by atoms with Gasteiger partial charge in [0.05, 0.1) is 29.3 Å². The van der Waals surface area contributed by atoms with Crippen LogP contribution in [-0.4, -0.2) is 58.5 Å². The van der Waals surface area contributed by atoms with E-state index in [1.54, 1.807) is 23.6 Å². The predicted molar refractivity (Wildman–Crippen MR) is 143 cm³/mol. The fraction of sp³-hybridized carbons (Fsp3) is 0.552. The molecule has 0 bridgehead atoms. The van der Waals surface area contributed by atoms with E-state index in [9.17, 15) is 49.1 Å². The fourth-order valence-corrected chi connectivity index (χ4v) is 5.75. The fourth-order valence-electron chi connectivity index (χ4n) is 5.75. The number of cyclic esters (lactones) is 1. The predicted octanol–water partition coefficient (Wildman–Crippen LogP) is 7.45. The quantitative estimate of drug-likeness (QED) is 0.291. The Hall–Kier alpha value is -3.72. The zero-order chi connectivity index (χ0) is 33.5. The van der Waals surface area contributed by atoms with Crippen molar-refractivity contribution in [3.63, 3.8) is 0 Å². The number of halogens is 9. The van der Waals surface area contributed by atoms with Gasteiger partial charge in [0.1, 0.15) is 11.9 Å². The monoisotopic (exact) mass is 654 g/mol. The Balaban J connectivity index is 1.68. The van der Waals surface area contributed by atoms with Gasteiger partial charge in [-0.2, -0.15) is 39.5 Å². The van der Waals surface area contributed by atoms with Crippen LogP contribution >= 0.6 is 0 Å². The first kappa shape index (κ1) is 34.2. The Labute approximate surface area is 252 Å². The number of ether oxygens (including phenoxy) is 1. The minimum absolute atomic E-state index is 0.0240. The second kappa shape index (κ2) is 12.6. The summed E-state index contributed by atoms with van der Waals surface area (Å²) in [6.07, 6.45) is -15.8. The number of amides is 2. The molecule has 3 heterocycles. The third-order valence-electron chi connectivity index (χ3n) is 8.11. The highest BCUT2D eigenvalue weighted by Crippen LogP contribution is 2.42. The van der Waals surface area contributed by atoms with E-state index in [1.807, 2.05) is 0 Å². The van der Waals surface area contributed by atoms with Gasteiger partial charge >= 0.3 is 24.6 Å². The second-order valence-corrected chi connectivity index (χ2v) is 11.0. The molecule has 0 aliphatic carbocycles. The van der Waals surface area contributed by atoms with E-state index in [1.165, 1.54) is 6.92 Å². The molecule has 1 aromatic carbocycles. The molecule has 0 radical (unpaired) electrons. The lowest BCUT2D eigenvalue weighted by Gasteiger charge is -2.39. The van der Waals surface area contributed by atoms with Crippen LogP contribution < -0.4 is 4.90 Å². The highest BCUT2D eigenvalue weighted by atomic mass is 19.4. The molecule has 2 aromatic rings. The first-order valence-corrected chi connectivity index (χ1v) is 14.2. The van der Waals surface area contributed by atoms with Crippen molar-refractivity contribution in [2.45, 2.75) is 83.3 Å². The summed E-state index contributed by atoms with van der Waals surface area (Å²) in [5.74, 6) is 0.108. The standard InChI is InChI=1S/C29H31F9N4O3/c1-4-23(43)40-8-6-22(7-9-40)41(5-2)25-18(12-21(14-39-25)29(36,37)38)15-42-16(3)24(45-26(42)44)17-10-19(27(30,31)32)13-20(11-17)28(33,34)35/h10-14,16,22,24H,4-9,15H2,1-3H3. The molecule has 2 amide bonds. The third-order valence-corrected chi connectivity index (χ3v) is 8.11. The van der Waals surface area contributed by atoms with Crippen LogP contribution in [0.3, 0.4) is 0 Å². The Morgan fingerprint density at radius 2 is 1.47 bits per heavy atom. The van der Waals surface area contributed by atoms with Gasteiger partial charge in [-0.15, -0.1) is 0 Å². The average molecular weight is 655 g/mol. The van der Waals surface area contributed by atoms with Crippen molar-refractivity contribution < 1.29 is 53.8 Å². The van der Waals surface area contributed by atoms with Crippen LogP contribution in [0.2, 0.25) is 0 Å². The highest BCUT2D eigenvalue weighted by molar-refractivity contribution is 5.76. The summed E-state index contributed by atoms with van der Waals surface area (Å²) in [6, 6.07) is 0.312. The minimum atomic E-state index is -5.14. The Morgan fingerprint density at radius 3 is 1.96 bits per heavy atom. The van der Waals surface area contributed by atoms with E-state index in [4.69, 9.17) is 4.74 Å². The maximum absolute atomic E-state index is 13.7. The number of pyridine rings is 1. The van der Waals surface area contributed by atoms with Gasteiger partial charge in [-0.05, 0) is 56.5 Å². The number of nitrogens with zero attached hydrogens (tertiary/aromatic N) is 4. The minimum Gasteiger partial charge on any atom is -0.439 e. The molecule has 1 aromatic heterocycles. The molecule has 2 unspecified atom stereocenters. The molecule has 2 fully saturated rings. The summed E-state index contributed by atoms with van der Waals surface area (Å²) in [6.45, 7) is 5.48. The van der Waals surface area contributed by atoms with Crippen LogP contribution in [0, 0.1) is 0 Å². The SMILES string of the molecule is CCC(=O)N1CCC(N(CC)c2ncc(C(F)(F)F)cc2CN2C(=O)OC(c3cc(C(F)(F)F)cc(C(F)(F)F)c3)C2C)CC1. The molecule has 0 spiro atoms. The number of likely N-dealkylation sites (tertiary alicyclic amines) is 1. The van der Waals surface area contributed by atoms with Crippen molar-refractivity contribution in [3.8, 4) is 0 Å². The molecule has 45 heavy (non-hydrogen) atoms. The highest BCUT2D eigenvalue weighted by Gasteiger charge is 2.44. The molecular weight excluding hydrogens is 623 g/mol. The maximum Gasteiger partial charge on any atom is 0.417 e. The lowest BCUT2D eigenvalue weighted by Crippen LogP contribution is -2.47. The number of carbonyl (C=O) groups is 2. The normalized spacial score (nSPS) is 20.0. The van der Waals surface area contributed by atoms with E-state index in [0.717, 1.165) is 11.0 Å². The first-order chi connectivity index (χ1) is 20.8. The zero-order valence-corrected chi connectivity index (χ0v) is 24.5. The van der Waals surface area contributed by atoms with Crippen LogP contribution in [0.15, 0.2) is 30.5 Å². The van der Waals surface area contributed by atoms with Gasteiger partial charge in [0.2, 0.25) is 5.91 Å². The number of alkyl halides is 9. The number of anilines is 1. The number of hydrogen-bond acceptors (Lipinski definition) is 5. The molecule has 2 aliphatic heterocycles. The van der Waals surface area contributed by atoms with Crippen molar-refractivity contribution in [1.29, 1.82) is 0 Å². The van der Waals surface area contributed by atoms with E-state index in [0.29, 0.717) is 57.2 Å². The summed E-state index contributed by atoms with van der Waals surface area (Å²) in [4.78, 5) is 33.6. The van der Waals surface area contributed by atoms with Crippen molar-refractivity contribution >= 4 is 17.8 Å². The van der Waals surface area contributed by atoms with Crippen molar-refractivity contribution in [3.05, 3.63) is 58.3 Å². The Kier molecular flexibility index (Phi) is 9.55. The smallest absolute Gasteiger partial charge is 0.417 e. The van der Waals surface area contributed by atoms with Gasteiger partial charge in [0, 0.05) is 43.9 Å². The first-order valence-electron chi connectivity index (χ1n) is 14.2. The summed E-state index contributed by atoms with van der Waals surface area (Å²) < 4.78 is 127. The number of aromatic nitrogens is 1. The average Bonchev–Trinajstić information content (AvgIpc) is 3.25. The topological polar surface area (TPSA) is 66.0 Å². The number of carbonyl (C=O) groups excluding carboxylic acids is 2. The largest absolute Gasteiger partial charge is 0.439 e. The van der Waals surface area contributed by atoms with Gasteiger partial charge < -0.3 is 14.5 Å². The molecular formula is C29H31F9N4O3. The van der Waals surface area contributed by atoms with E-state index in [-0.39, 0.29) is 29.4 Å².